The summed E-state index contributed by atoms with van der Waals surface area (Å²) in [5.41, 5.74) is 0. The Kier molecular flexibility index (Phi) is 4.42. The van der Waals surface area contributed by atoms with E-state index in [1.54, 1.807) is 0 Å². The topological polar surface area (TPSA) is 80.7 Å². The molecule has 0 radical (unpaired) electrons. The third kappa shape index (κ3) is 4.18. The van der Waals surface area contributed by atoms with E-state index < -0.39 is 15.9 Å². The number of hydrogen-bond donors (Lipinski definition) is 1. The van der Waals surface area contributed by atoms with E-state index in [-0.39, 0.29) is 18.5 Å². The van der Waals surface area contributed by atoms with E-state index in [0.29, 0.717) is 11.8 Å². The Bertz CT molecular complexity index is 491. The van der Waals surface area contributed by atoms with Crippen LogP contribution in [0.5, 0.6) is 0 Å². The van der Waals surface area contributed by atoms with Crippen LogP contribution in [0.25, 0.3) is 0 Å². The first-order chi connectivity index (χ1) is 8.96. The summed E-state index contributed by atoms with van der Waals surface area (Å²) in [6.07, 6.45) is 10.8. The van der Waals surface area contributed by atoms with Gasteiger partial charge in [0.2, 0.25) is 0 Å². The van der Waals surface area contributed by atoms with Crippen molar-refractivity contribution in [2.75, 3.05) is 12.4 Å². The summed E-state index contributed by atoms with van der Waals surface area (Å²) >= 11 is 0. The summed E-state index contributed by atoms with van der Waals surface area (Å²) in [6, 6.07) is 0. The molecule has 1 saturated carbocycles. The van der Waals surface area contributed by atoms with Crippen LogP contribution in [0.2, 0.25) is 0 Å². The van der Waals surface area contributed by atoms with E-state index in [2.05, 4.69) is 12.2 Å². The van der Waals surface area contributed by atoms with Crippen molar-refractivity contribution in [1.29, 1.82) is 0 Å². The average Bonchev–Trinajstić information content (AvgIpc) is 2.36. The van der Waals surface area contributed by atoms with Crippen molar-refractivity contribution in [3.63, 3.8) is 0 Å². The summed E-state index contributed by atoms with van der Waals surface area (Å²) < 4.78 is 34.5. The maximum absolute atomic E-state index is 11.8. The van der Waals surface area contributed by atoms with Gasteiger partial charge in [-0.15, -0.1) is 0 Å². The Morgan fingerprint density at radius 1 is 1.21 bits per heavy atom. The first kappa shape index (κ1) is 14.3. The predicted molar refractivity (Wildman–Crippen MR) is 70.0 cm³/mol. The second-order valence-corrected chi connectivity index (χ2v) is 6.63. The molecule has 0 bridgehead atoms. The molecule has 0 aromatic heterocycles. The second-order valence-electron chi connectivity index (χ2n) is 5.06. The number of esters is 1. The molecule has 5 nitrogen and oxygen atoms in total. The number of rotatable bonds is 4. The lowest BCUT2D eigenvalue weighted by atomic mass is 9.72. The zero-order valence-corrected chi connectivity index (χ0v) is 11.4. The lowest BCUT2D eigenvalue weighted by Crippen LogP contribution is -2.30. The fourth-order valence-corrected chi connectivity index (χ4v) is 2.98. The van der Waals surface area contributed by atoms with Crippen LogP contribution in [0.3, 0.4) is 0 Å². The Labute approximate surface area is 113 Å². The molecule has 1 N–H and O–H groups in total. The van der Waals surface area contributed by atoms with Gasteiger partial charge in [0, 0.05) is 0 Å². The minimum atomic E-state index is -4.07. The lowest BCUT2D eigenvalue weighted by Gasteiger charge is -2.33. The third-order valence-electron chi connectivity index (χ3n) is 3.70. The Morgan fingerprint density at radius 3 is 2.58 bits per heavy atom. The monoisotopic (exact) mass is 286 g/mol. The molecule has 0 aliphatic heterocycles. The van der Waals surface area contributed by atoms with E-state index in [1.807, 2.05) is 12.2 Å². The molecule has 0 saturated heterocycles. The van der Waals surface area contributed by atoms with Gasteiger partial charge in [0.15, 0.2) is 0 Å². The number of carbonyl (C=O) groups excluding carboxylic acids is 1. The molecule has 0 aromatic carbocycles. The highest BCUT2D eigenvalue weighted by Crippen LogP contribution is 2.37. The smallest absolute Gasteiger partial charge is 0.308 e. The first-order valence-electron chi connectivity index (χ1n) is 6.42. The quantitative estimate of drug-likeness (QED) is 0.627. The fraction of sp³-hybridized carbons (Fsp3) is 0.615. The van der Waals surface area contributed by atoms with Crippen LogP contribution in [-0.4, -0.2) is 31.3 Å². The van der Waals surface area contributed by atoms with E-state index in [4.69, 9.17) is 9.29 Å². The van der Waals surface area contributed by atoms with Crippen LogP contribution in [0.4, 0.5) is 0 Å². The maximum Gasteiger partial charge on any atom is 0.308 e. The van der Waals surface area contributed by atoms with Crippen molar-refractivity contribution in [2.24, 2.45) is 17.8 Å². The molecule has 0 heterocycles. The van der Waals surface area contributed by atoms with Crippen molar-refractivity contribution >= 4 is 16.1 Å². The van der Waals surface area contributed by atoms with E-state index in [9.17, 15) is 13.2 Å². The molecule has 0 spiro atoms. The predicted octanol–water partition coefficient (Wildman–Crippen LogP) is 1.58. The second kappa shape index (κ2) is 5.88. The summed E-state index contributed by atoms with van der Waals surface area (Å²) in [5.74, 6) is -0.186. The van der Waals surface area contributed by atoms with Gasteiger partial charge < -0.3 is 4.74 Å². The van der Waals surface area contributed by atoms with Gasteiger partial charge in [-0.3, -0.25) is 9.35 Å². The number of hydrogen-bond acceptors (Lipinski definition) is 4. The Balaban J connectivity index is 1.81. The highest BCUT2D eigenvalue weighted by Gasteiger charge is 2.32. The molecule has 3 unspecified atom stereocenters. The number of allylic oxidation sites excluding steroid dienone is 4. The van der Waals surface area contributed by atoms with E-state index in [0.717, 1.165) is 19.3 Å². The van der Waals surface area contributed by atoms with Crippen LogP contribution in [-0.2, 0) is 19.6 Å². The van der Waals surface area contributed by atoms with Crippen LogP contribution in [0.15, 0.2) is 24.3 Å². The zero-order chi connectivity index (χ0) is 13.9. The zero-order valence-electron chi connectivity index (χ0n) is 10.6. The highest BCUT2D eigenvalue weighted by molar-refractivity contribution is 7.85. The maximum atomic E-state index is 11.8. The van der Waals surface area contributed by atoms with Crippen LogP contribution >= 0.6 is 0 Å². The molecular weight excluding hydrogens is 268 g/mol. The SMILES string of the molecule is O=C(OCCS(=O)(=O)O)C1CCC2C=CC=CC2C1. The molecule has 0 aromatic rings. The van der Waals surface area contributed by atoms with Gasteiger partial charge in [-0.25, -0.2) is 0 Å². The summed E-state index contributed by atoms with van der Waals surface area (Å²) in [7, 11) is -4.07. The normalized spacial score (nSPS) is 29.8. The van der Waals surface area contributed by atoms with Gasteiger partial charge in [0.25, 0.3) is 10.1 Å². The summed E-state index contributed by atoms with van der Waals surface area (Å²) in [4.78, 5) is 11.8. The van der Waals surface area contributed by atoms with Gasteiger partial charge in [-0.05, 0) is 31.1 Å². The van der Waals surface area contributed by atoms with Crippen LogP contribution < -0.4 is 0 Å². The van der Waals surface area contributed by atoms with Crippen LogP contribution in [0.1, 0.15) is 19.3 Å². The molecule has 2 aliphatic rings. The summed E-state index contributed by atoms with van der Waals surface area (Å²) in [5, 5.41) is 0. The van der Waals surface area contributed by atoms with Gasteiger partial charge in [0.05, 0.1) is 5.92 Å². The molecular formula is C13H18O5S. The number of fused-ring (bicyclic) bond motifs is 1. The van der Waals surface area contributed by atoms with Crippen molar-refractivity contribution in [3.05, 3.63) is 24.3 Å². The van der Waals surface area contributed by atoms with Gasteiger partial charge in [-0.1, -0.05) is 24.3 Å². The standard InChI is InChI=1S/C13H18O5S/c14-13(18-7-8-19(15,16)17)12-6-5-10-3-1-2-4-11(10)9-12/h1-4,10-12H,5-9H2,(H,15,16,17). The highest BCUT2D eigenvalue weighted by atomic mass is 32.2. The van der Waals surface area contributed by atoms with Crippen LogP contribution in [0, 0.1) is 17.8 Å². The average molecular weight is 286 g/mol. The van der Waals surface area contributed by atoms with Crippen molar-refractivity contribution in [1.82, 2.24) is 0 Å². The van der Waals surface area contributed by atoms with E-state index in [1.165, 1.54) is 0 Å². The number of ether oxygens (including phenoxy) is 1. The Hall–Kier alpha value is -1.14. The lowest BCUT2D eigenvalue weighted by molar-refractivity contribution is -0.149. The van der Waals surface area contributed by atoms with Crippen molar-refractivity contribution in [2.45, 2.75) is 19.3 Å². The molecule has 106 valence electrons. The van der Waals surface area contributed by atoms with Gasteiger partial charge in [-0.2, -0.15) is 8.42 Å². The molecule has 1 fully saturated rings. The van der Waals surface area contributed by atoms with Gasteiger partial charge in [0.1, 0.15) is 12.4 Å². The molecule has 2 aliphatic carbocycles. The third-order valence-corrected chi connectivity index (χ3v) is 4.38. The molecule has 2 rings (SSSR count). The van der Waals surface area contributed by atoms with Crippen molar-refractivity contribution < 1.29 is 22.5 Å². The minimum Gasteiger partial charge on any atom is -0.464 e. The summed E-state index contributed by atoms with van der Waals surface area (Å²) in [6.45, 7) is -0.280. The molecule has 3 atom stereocenters. The molecule has 19 heavy (non-hydrogen) atoms. The van der Waals surface area contributed by atoms with Gasteiger partial charge >= 0.3 is 5.97 Å². The van der Waals surface area contributed by atoms with Crippen molar-refractivity contribution in [3.8, 4) is 0 Å². The fourth-order valence-electron chi connectivity index (χ4n) is 2.68. The molecule has 0 amide bonds. The minimum absolute atomic E-state index is 0.168. The molecule has 6 heteroatoms. The first-order valence-corrected chi connectivity index (χ1v) is 8.03. The van der Waals surface area contributed by atoms with E-state index >= 15 is 0 Å². The Morgan fingerprint density at radius 2 is 1.89 bits per heavy atom. The number of carbonyl (C=O) groups is 1. The largest absolute Gasteiger partial charge is 0.464 e.